The summed E-state index contributed by atoms with van der Waals surface area (Å²) in [7, 11) is 0. The lowest BCUT2D eigenvalue weighted by Crippen LogP contribution is -2.44. The third-order valence-electron chi connectivity index (χ3n) is 6.52. The molecule has 1 fully saturated rings. The van der Waals surface area contributed by atoms with Gasteiger partial charge in [-0.15, -0.1) is 0 Å². The Balaban J connectivity index is 1.28. The van der Waals surface area contributed by atoms with Crippen molar-refractivity contribution in [1.29, 1.82) is 0 Å². The monoisotopic (exact) mass is 487 g/mol. The van der Waals surface area contributed by atoms with Crippen molar-refractivity contribution in [2.45, 2.75) is 6.92 Å². The molecule has 37 heavy (non-hydrogen) atoms. The molecule has 0 atom stereocenters. The fourth-order valence-electron chi connectivity index (χ4n) is 4.61. The molecule has 3 aromatic carbocycles. The summed E-state index contributed by atoms with van der Waals surface area (Å²) in [6, 6.07) is 30.6. The van der Waals surface area contributed by atoms with E-state index in [0.29, 0.717) is 0 Å². The first-order valence-corrected chi connectivity index (χ1v) is 12.6. The van der Waals surface area contributed by atoms with Crippen molar-refractivity contribution in [3.8, 4) is 5.69 Å². The summed E-state index contributed by atoms with van der Waals surface area (Å²) in [5, 5.41) is 8.28. The number of fused-ring (bicyclic) bond motifs is 1. The van der Waals surface area contributed by atoms with Gasteiger partial charge >= 0.3 is 0 Å². The molecule has 7 nitrogen and oxygen atoms in total. The van der Waals surface area contributed by atoms with E-state index in [9.17, 15) is 0 Å². The first-order valence-electron chi connectivity index (χ1n) is 12.6. The first kappa shape index (κ1) is 22.8. The molecule has 1 aliphatic rings. The van der Waals surface area contributed by atoms with Gasteiger partial charge in [-0.3, -0.25) is 0 Å². The van der Waals surface area contributed by atoms with Crippen LogP contribution < -0.4 is 10.2 Å². The summed E-state index contributed by atoms with van der Waals surface area (Å²) >= 11 is 0. The Kier molecular flexibility index (Phi) is 6.25. The molecule has 1 aliphatic heterocycles. The third kappa shape index (κ3) is 5.02. The van der Waals surface area contributed by atoms with Gasteiger partial charge in [0.25, 0.3) is 0 Å². The van der Waals surface area contributed by atoms with Crippen LogP contribution in [0.1, 0.15) is 11.3 Å². The number of nitrogens with one attached hydrogen (secondary N) is 1. The third-order valence-corrected chi connectivity index (χ3v) is 6.52. The van der Waals surface area contributed by atoms with Crippen molar-refractivity contribution in [2.75, 3.05) is 36.4 Å². The number of para-hydroxylation sites is 3. The van der Waals surface area contributed by atoms with Crippen LogP contribution in [0.4, 0.5) is 17.5 Å². The molecular formula is C30H29N7. The molecule has 0 bridgehead atoms. The molecule has 2 aromatic heterocycles. The fraction of sp³-hybridized carbons (Fsp3) is 0.167. The normalized spacial score (nSPS) is 14.0. The number of nitrogens with zero attached hydrogens (tertiary/aromatic N) is 6. The lowest BCUT2D eigenvalue weighted by Gasteiger charge is -2.35. The Hall–Kier alpha value is -4.65. The van der Waals surface area contributed by atoms with Crippen LogP contribution in [0.15, 0.2) is 97.2 Å². The number of hydrogen-bond donors (Lipinski definition) is 1. The number of benzene rings is 3. The van der Waals surface area contributed by atoms with Gasteiger partial charge in [0, 0.05) is 32.2 Å². The molecule has 5 aromatic rings. The number of piperazine rings is 1. The van der Waals surface area contributed by atoms with Crippen molar-refractivity contribution in [3.63, 3.8) is 0 Å². The lowest BCUT2D eigenvalue weighted by atomic mass is 10.2. The summed E-state index contributed by atoms with van der Waals surface area (Å²) in [4.78, 5) is 14.7. The highest BCUT2D eigenvalue weighted by molar-refractivity contribution is 5.82. The highest BCUT2D eigenvalue weighted by atomic mass is 15.4. The molecule has 0 spiro atoms. The molecule has 0 unspecified atom stereocenters. The number of anilines is 3. The average Bonchev–Trinajstić information content (AvgIpc) is 3.32. The fourth-order valence-corrected chi connectivity index (χ4v) is 4.61. The first-order chi connectivity index (χ1) is 18.2. The van der Waals surface area contributed by atoms with E-state index in [-0.39, 0.29) is 0 Å². The van der Waals surface area contributed by atoms with E-state index in [1.54, 1.807) is 0 Å². The van der Waals surface area contributed by atoms with Gasteiger partial charge in [0.1, 0.15) is 5.82 Å². The molecule has 0 aliphatic carbocycles. The maximum absolute atomic E-state index is 5.06. The summed E-state index contributed by atoms with van der Waals surface area (Å²) in [6.45, 7) is 5.55. The highest BCUT2D eigenvalue weighted by Gasteiger charge is 2.22. The molecule has 184 valence electrons. The Morgan fingerprint density at radius 2 is 1.41 bits per heavy atom. The highest BCUT2D eigenvalue weighted by Crippen LogP contribution is 2.30. The lowest BCUT2D eigenvalue weighted by molar-refractivity contribution is 0.350. The number of aromatic nitrogens is 4. The van der Waals surface area contributed by atoms with Crippen LogP contribution in [-0.4, -0.2) is 50.8 Å². The molecule has 0 saturated carbocycles. The SMILES string of the molecule is Cc1cc(Nc2nc3ccccc3nc2N2CCN(C=Cc3ccccc3)CC2)n(-c2ccccc2)n1. The zero-order chi connectivity index (χ0) is 25.0. The van der Waals surface area contributed by atoms with Crippen LogP contribution in [0.3, 0.4) is 0 Å². The summed E-state index contributed by atoms with van der Waals surface area (Å²) < 4.78 is 1.92. The molecular weight excluding hydrogens is 458 g/mol. The topological polar surface area (TPSA) is 62.1 Å². The van der Waals surface area contributed by atoms with E-state index >= 15 is 0 Å². The van der Waals surface area contributed by atoms with Gasteiger partial charge in [-0.2, -0.15) is 5.10 Å². The maximum Gasteiger partial charge on any atom is 0.175 e. The largest absolute Gasteiger partial charge is 0.374 e. The Morgan fingerprint density at radius 3 is 2.14 bits per heavy atom. The van der Waals surface area contributed by atoms with E-state index in [1.807, 2.05) is 78.3 Å². The summed E-state index contributed by atoms with van der Waals surface area (Å²) in [6.07, 6.45) is 4.37. The molecule has 1 N–H and O–H groups in total. The number of rotatable bonds is 6. The second-order valence-corrected chi connectivity index (χ2v) is 9.18. The van der Waals surface area contributed by atoms with Crippen LogP contribution in [0, 0.1) is 6.92 Å². The standard InChI is InChI=1S/C30H29N7/c1-23-22-28(37(34-23)25-12-6-3-7-13-25)33-29-30(32-27-15-9-8-14-26(27)31-29)36-20-18-35(19-21-36)17-16-24-10-4-2-5-11-24/h2-17,22H,18-21H2,1H3,(H,31,33). The van der Waals surface area contributed by atoms with Crippen molar-refractivity contribution in [1.82, 2.24) is 24.6 Å². The van der Waals surface area contributed by atoms with Gasteiger partial charge in [-0.1, -0.05) is 60.7 Å². The second-order valence-electron chi connectivity index (χ2n) is 9.18. The smallest absolute Gasteiger partial charge is 0.175 e. The Morgan fingerprint density at radius 1 is 0.757 bits per heavy atom. The Labute approximate surface area is 216 Å². The summed E-state index contributed by atoms with van der Waals surface area (Å²) in [5.74, 6) is 2.46. The predicted molar refractivity (Wildman–Crippen MR) is 150 cm³/mol. The van der Waals surface area contributed by atoms with E-state index < -0.39 is 0 Å². The molecule has 3 heterocycles. The number of aryl methyl sites for hydroxylation is 1. The predicted octanol–water partition coefficient (Wildman–Crippen LogP) is 5.66. The van der Waals surface area contributed by atoms with Crippen molar-refractivity contribution in [3.05, 3.63) is 108 Å². The summed E-state index contributed by atoms with van der Waals surface area (Å²) in [5.41, 5.74) is 4.89. The van der Waals surface area contributed by atoms with Crippen molar-refractivity contribution < 1.29 is 0 Å². The van der Waals surface area contributed by atoms with E-state index in [4.69, 9.17) is 15.1 Å². The van der Waals surface area contributed by atoms with E-state index in [1.165, 1.54) is 5.56 Å². The quantitative estimate of drug-likeness (QED) is 0.333. The average molecular weight is 488 g/mol. The van der Waals surface area contributed by atoms with E-state index in [0.717, 1.165) is 66.0 Å². The van der Waals surface area contributed by atoms with Gasteiger partial charge in [-0.25, -0.2) is 14.6 Å². The van der Waals surface area contributed by atoms with Crippen LogP contribution in [-0.2, 0) is 0 Å². The van der Waals surface area contributed by atoms with Crippen molar-refractivity contribution >= 4 is 34.6 Å². The van der Waals surface area contributed by atoms with Crippen LogP contribution in [0.25, 0.3) is 22.8 Å². The minimum atomic E-state index is 0.740. The molecule has 0 radical (unpaired) electrons. The molecule has 7 heteroatoms. The van der Waals surface area contributed by atoms with E-state index in [2.05, 4.69) is 51.7 Å². The van der Waals surface area contributed by atoms with Gasteiger partial charge in [0.05, 0.1) is 22.4 Å². The Bertz CT molecular complexity index is 1520. The van der Waals surface area contributed by atoms with Gasteiger partial charge in [-0.05, 0) is 49.0 Å². The minimum absolute atomic E-state index is 0.740. The number of hydrogen-bond acceptors (Lipinski definition) is 6. The molecule has 6 rings (SSSR count). The van der Waals surface area contributed by atoms with Crippen LogP contribution in [0.2, 0.25) is 0 Å². The van der Waals surface area contributed by atoms with Gasteiger partial charge in [0.15, 0.2) is 11.6 Å². The van der Waals surface area contributed by atoms with Gasteiger partial charge < -0.3 is 15.1 Å². The van der Waals surface area contributed by atoms with Crippen molar-refractivity contribution in [2.24, 2.45) is 0 Å². The molecule has 1 saturated heterocycles. The molecule has 0 amide bonds. The minimum Gasteiger partial charge on any atom is -0.374 e. The van der Waals surface area contributed by atoms with Gasteiger partial charge in [0.2, 0.25) is 0 Å². The van der Waals surface area contributed by atoms with Crippen LogP contribution >= 0.6 is 0 Å². The maximum atomic E-state index is 5.06. The zero-order valence-corrected chi connectivity index (χ0v) is 20.8. The zero-order valence-electron chi connectivity index (χ0n) is 20.8. The second kappa shape index (κ2) is 10.1. The van der Waals surface area contributed by atoms with Crippen LogP contribution in [0.5, 0.6) is 0 Å².